The van der Waals surface area contributed by atoms with E-state index in [1.54, 1.807) is 12.1 Å². The van der Waals surface area contributed by atoms with Gasteiger partial charge in [-0.25, -0.2) is 0 Å². The van der Waals surface area contributed by atoms with Crippen molar-refractivity contribution in [2.45, 2.75) is 65.5 Å². The molecule has 1 fully saturated rings. The Morgan fingerprint density at radius 2 is 1.77 bits per heavy atom. The van der Waals surface area contributed by atoms with Crippen LogP contribution in [0.25, 0.3) is 0 Å². The number of nitrogens with one attached hydrogen (secondary N) is 2. The van der Waals surface area contributed by atoms with Gasteiger partial charge in [0.15, 0.2) is 0 Å². The molecule has 0 saturated heterocycles. The van der Waals surface area contributed by atoms with E-state index in [0.717, 1.165) is 18.4 Å². The molecule has 1 aromatic rings. The second-order valence-corrected chi connectivity index (χ2v) is 8.39. The standard InChI is InChI=1S/C21H29N3O2/c1-15(25)23-13-16-5-7-17(8-6-16)19(26)24-21(14-22)11-9-18(10-12-21)20(2,3)4/h5-8,18H,9-13H2,1-4H3,(H,23,25)(H,24,26). The summed E-state index contributed by atoms with van der Waals surface area (Å²) in [4.78, 5) is 23.6. The van der Waals surface area contributed by atoms with Crippen LogP contribution in [0.1, 0.15) is 69.3 Å². The molecule has 2 N–H and O–H groups in total. The van der Waals surface area contributed by atoms with Crippen molar-refractivity contribution in [3.05, 3.63) is 35.4 Å². The fourth-order valence-corrected chi connectivity index (χ4v) is 3.53. The Morgan fingerprint density at radius 3 is 2.23 bits per heavy atom. The molecule has 0 unspecified atom stereocenters. The first-order valence-corrected chi connectivity index (χ1v) is 9.22. The van der Waals surface area contributed by atoms with Crippen molar-refractivity contribution in [3.63, 3.8) is 0 Å². The first-order chi connectivity index (χ1) is 12.1. The summed E-state index contributed by atoms with van der Waals surface area (Å²) in [5.74, 6) is 0.273. The van der Waals surface area contributed by atoms with E-state index in [2.05, 4.69) is 37.5 Å². The van der Waals surface area contributed by atoms with Gasteiger partial charge in [-0.3, -0.25) is 9.59 Å². The van der Waals surface area contributed by atoms with Crippen molar-refractivity contribution in [1.29, 1.82) is 5.26 Å². The molecule has 0 spiro atoms. The highest BCUT2D eigenvalue weighted by Crippen LogP contribution is 2.41. The number of carbonyl (C=O) groups excluding carboxylic acids is 2. The predicted molar refractivity (Wildman–Crippen MR) is 101 cm³/mol. The molecule has 0 aliphatic heterocycles. The number of hydrogen-bond donors (Lipinski definition) is 2. The van der Waals surface area contributed by atoms with E-state index < -0.39 is 5.54 Å². The Hall–Kier alpha value is -2.35. The molecule has 1 aromatic carbocycles. The molecule has 2 rings (SSSR count). The third-order valence-electron chi connectivity index (χ3n) is 5.39. The third kappa shape index (κ3) is 5.08. The Labute approximate surface area is 156 Å². The molecule has 140 valence electrons. The van der Waals surface area contributed by atoms with E-state index in [9.17, 15) is 14.9 Å². The minimum atomic E-state index is -0.770. The van der Waals surface area contributed by atoms with Gasteiger partial charge in [0.05, 0.1) is 6.07 Å². The Bertz CT molecular complexity index is 687. The molecule has 0 radical (unpaired) electrons. The van der Waals surface area contributed by atoms with Crippen molar-refractivity contribution < 1.29 is 9.59 Å². The molecule has 0 aromatic heterocycles. The van der Waals surface area contributed by atoms with Gasteiger partial charge in [0.1, 0.15) is 5.54 Å². The van der Waals surface area contributed by atoms with Gasteiger partial charge in [-0.15, -0.1) is 0 Å². The minimum absolute atomic E-state index is 0.0892. The van der Waals surface area contributed by atoms with E-state index in [1.165, 1.54) is 6.92 Å². The summed E-state index contributed by atoms with van der Waals surface area (Å²) in [5.41, 5.74) is 0.921. The van der Waals surface area contributed by atoms with Crippen molar-refractivity contribution >= 4 is 11.8 Å². The summed E-state index contributed by atoms with van der Waals surface area (Å²) in [6.45, 7) is 8.61. The predicted octanol–water partition coefficient (Wildman–Crippen LogP) is 3.55. The lowest BCUT2D eigenvalue weighted by atomic mass is 9.67. The topological polar surface area (TPSA) is 82.0 Å². The molecule has 0 atom stereocenters. The highest BCUT2D eigenvalue weighted by atomic mass is 16.2. The number of nitrogens with zero attached hydrogens (tertiary/aromatic N) is 1. The van der Waals surface area contributed by atoms with Gasteiger partial charge in [0.2, 0.25) is 5.91 Å². The van der Waals surface area contributed by atoms with E-state index in [1.807, 2.05) is 12.1 Å². The van der Waals surface area contributed by atoms with Crippen molar-refractivity contribution in [2.24, 2.45) is 11.3 Å². The highest BCUT2D eigenvalue weighted by Gasteiger charge is 2.40. The van der Waals surface area contributed by atoms with Crippen LogP contribution in [-0.2, 0) is 11.3 Å². The number of carbonyl (C=O) groups is 2. The number of benzene rings is 1. The second kappa shape index (κ2) is 7.90. The van der Waals surface area contributed by atoms with Gasteiger partial charge in [0.25, 0.3) is 5.91 Å². The average Bonchev–Trinajstić information content (AvgIpc) is 2.60. The molecular formula is C21H29N3O2. The molecule has 0 heterocycles. The van der Waals surface area contributed by atoms with Gasteiger partial charge in [-0.1, -0.05) is 32.9 Å². The van der Waals surface area contributed by atoms with E-state index in [-0.39, 0.29) is 17.2 Å². The summed E-state index contributed by atoms with van der Waals surface area (Å²) in [5, 5.41) is 15.4. The van der Waals surface area contributed by atoms with Crippen molar-refractivity contribution in [1.82, 2.24) is 10.6 Å². The van der Waals surface area contributed by atoms with Crippen molar-refractivity contribution in [2.75, 3.05) is 0 Å². The highest BCUT2D eigenvalue weighted by molar-refractivity contribution is 5.95. The summed E-state index contributed by atoms with van der Waals surface area (Å²) < 4.78 is 0. The molecule has 1 aliphatic carbocycles. The SMILES string of the molecule is CC(=O)NCc1ccc(C(=O)NC2(C#N)CCC(C(C)(C)C)CC2)cc1. The van der Waals surface area contributed by atoms with Gasteiger partial charge >= 0.3 is 0 Å². The Kier molecular flexibility index (Phi) is 6.07. The quantitative estimate of drug-likeness (QED) is 0.866. The fourth-order valence-electron chi connectivity index (χ4n) is 3.53. The first kappa shape index (κ1) is 20.0. The van der Waals surface area contributed by atoms with Crippen LogP contribution in [0.15, 0.2) is 24.3 Å². The Balaban J connectivity index is 1.99. The molecule has 1 saturated carbocycles. The zero-order valence-corrected chi connectivity index (χ0v) is 16.2. The summed E-state index contributed by atoms with van der Waals surface area (Å²) in [6, 6.07) is 9.46. The van der Waals surface area contributed by atoms with Gasteiger partial charge in [0, 0.05) is 19.0 Å². The number of amides is 2. The lowest BCUT2D eigenvalue weighted by Gasteiger charge is -2.40. The lowest BCUT2D eigenvalue weighted by molar-refractivity contribution is -0.119. The Morgan fingerprint density at radius 1 is 1.19 bits per heavy atom. The first-order valence-electron chi connectivity index (χ1n) is 9.22. The number of hydrogen-bond acceptors (Lipinski definition) is 3. The zero-order valence-electron chi connectivity index (χ0n) is 16.2. The maximum Gasteiger partial charge on any atom is 0.252 e. The fraction of sp³-hybridized carbons (Fsp3) is 0.571. The van der Waals surface area contributed by atoms with Crippen LogP contribution in [0.3, 0.4) is 0 Å². The van der Waals surface area contributed by atoms with E-state index >= 15 is 0 Å². The second-order valence-electron chi connectivity index (χ2n) is 8.39. The van der Waals surface area contributed by atoms with Gasteiger partial charge in [-0.05, 0) is 54.7 Å². The minimum Gasteiger partial charge on any atom is -0.352 e. The van der Waals surface area contributed by atoms with Crippen LogP contribution in [0.5, 0.6) is 0 Å². The molecule has 5 nitrogen and oxygen atoms in total. The van der Waals surface area contributed by atoms with Crippen LogP contribution >= 0.6 is 0 Å². The van der Waals surface area contributed by atoms with E-state index in [4.69, 9.17) is 0 Å². The van der Waals surface area contributed by atoms with Crippen LogP contribution < -0.4 is 10.6 Å². The lowest BCUT2D eigenvalue weighted by Crippen LogP contribution is -2.50. The monoisotopic (exact) mass is 355 g/mol. The molecule has 1 aliphatic rings. The molecule has 0 bridgehead atoms. The zero-order chi connectivity index (χ0) is 19.4. The van der Waals surface area contributed by atoms with E-state index in [0.29, 0.717) is 30.9 Å². The van der Waals surface area contributed by atoms with Gasteiger partial charge < -0.3 is 10.6 Å². The molecule has 2 amide bonds. The van der Waals surface area contributed by atoms with Crippen LogP contribution in [0.4, 0.5) is 0 Å². The molecule has 5 heteroatoms. The normalized spacial score (nSPS) is 23.0. The summed E-state index contributed by atoms with van der Waals surface area (Å²) in [7, 11) is 0. The van der Waals surface area contributed by atoms with Crippen molar-refractivity contribution in [3.8, 4) is 6.07 Å². The maximum absolute atomic E-state index is 12.6. The maximum atomic E-state index is 12.6. The molecule has 26 heavy (non-hydrogen) atoms. The number of rotatable bonds is 4. The average molecular weight is 355 g/mol. The van der Waals surface area contributed by atoms with Crippen LogP contribution in [0.2, 0.25) is 0 Å². The third-order valence-corrected chi connectivity index (χ3v) is 5.39. The van der Waals surface area contributed by atoms with Gasteiger partial charge in [-0.2, -0.15) is 5.26 Å². The summed E-state index contributed by atoms with van der Waals surface area (Å²) in [6.07, 6.45) is 3.29. The number of nitriles is 1. The molecular weight excluding hydrogens is 326 g/mol. The largest absolute Gasteiger partial charge is 0.352 e. The van der Waals surface area contributed by atoms with Crippen LogP contribution in [0, 0.1) is 22.7 Å². The summed E-state index contributed by atoms with van der Waals surface area (Å²) >= 11 is 0. The smallest absolute Gasteiger partial charge is 0.252 e. The van der Waals surface area contributed by atoms with Crippen LogP contribution in [-0.4, -0.2) is 17.4 Å².